The second-order valence-electron chi connectivity index (χ2n) is 5.56. The highest BCUT2D eigenvalue weighted by Crippen LogP contribution is 2.24. The molecule has 1 atom stereocenters. The normalized spacial score (nSPS) is 18.8. The van der Waals surface area contributed by atoms with Crippen LogP contribution >= 0.6 is 0 Å². The average molecular weight is 260 g/mol. The molecular weight excluding hydrogens is 240 g/mol. The van der Waals surface area contributed by atoms with Gasteiger partial charge < -0.3 is 9.88 Å². The third-order valence-electron chi connectivity index (χ3n) is 3.45. The van der Waals surface area contributed by atoms with E-state index in [2.05, 4.69) is 39.0 Å². The van der Waals surface area contributed by atoms with Gasteiger partial charge in [-0.15, -0.1) is 10.2 Å². The van der Waals surface area contributed by atoms with Crippen LogP contribution in [0.25, 0.3) is 0 Å². The predicted octanol–water partition coefficient (Wildman–Crippen LogP) is 0.903. The second-order valence-corrected chi connectivity index (χ2v) is 5.56. The second kappa shape index (κ2) is 4.77. The number of rotatable bonds is 3. The molecule has 2 aromatic rings. The summed E-state index contributed by atoms with van der Waals surface area (Å²) in [6, 6.07) is 0.107. The molecule has 6 heteroatoms. The van der Waals surface area contributed by atoms with Gasteiger partial charge in [-0.2, -0.15) is 5.10 Å². The maximum absolute atomic E-state index is 4.39. The molecule has 0 aliphatic carbocycles. The Labute approximate surface area is 112 Å². The number of aryl methyl sites for hydroxylation is 1. The van der Waals surface area contributed by atoms with Gasteiger partial charge in [0.25, 0.3) is 0 Å². The van der Waals surface area contributed by atoms with E-state index in [9.17, 15) is 0 Å². The maximum atomic E-state index is 4.39. The third-order valence-corrected chi connectivity index (χ3v) is 3.45. The van der Waals surface area contributed by atoms with Crippen LogP contribution in [0.4, 0.5) is 0 Å². The molecule has 0 bridgehead atoms. The van der Waals surface area contributed by atoms with Crippen molar-refractivity contribution in [1.29, 1.82) is 0 Å². The van der Waals surface area contributed by atoms with Crippen LogP contribution in [-0.2, 0) is 20.0 Å². The van der Waals surface area contributed by atoms with Crippen LogP contribution in [0, 0.1) is 5.92 Å². The first kappa shape index (κ1) is 12.3. The SMILES string of the molecule is CC(C)Cc1nnc2n1CCNC2c1cnn(C)c1. The van der Waals surface area contributed by atoms with E-state index in [1.165, 1.54) is 0 Å². The van der Waals surface area contributed by atoms with Gasteiger partial charge >= 0.3 is 0 Å². The van der Waals surface area contributed by atoms with E-state index in [4.69, 9.17) is 0 Å². The molecule has 1 aliphatic heterocycles. The van der Waals surface area contributed by atoms with Crippen molar-refractivity contribution in [3.05, 3.63) is 29.6 Å². The van der Waals surface area contributed by atoms with Crippen molar-refractivity contribution < 1.29 is 0 Å². The summed E-state index contributed by atoms with van der Waals surface area (Å²) in [7, 11) is 1.93. The van der Waals surface area contributed by atoms with Gasteiger partial charge in [-0.25, -0.2) is 0 Å². The molecule has 0 amide bonds. The average Bonchev–Trinajstić information content (AvgIpc) is 2.96. The highest BCUT2D eigenvalue weighted by molar-refractivity contribution is 5.21. The number of nitrogens with zero attached hydrogens (tertiary/aromatic N) is 5. The number of nitrogens with one attached hydrogen (secondary N) is 1. The lowest BCUT2D eigenvalue weighted by atomic mass is 10.1. The highest BCUT2D eigenvalue weighted by Gasteiger charge is 2.27. The van der Waals surface area contributed by atoms with E-state index in [0.717, 1.165) is 36.7 Å². The van der Waals surface area contributed by atoms with Crippen molar-refractivity contribution in [2.75, 3.05) is 6.54 Å². The zero-order chi connectivity index (χ0) is 13.4. The molecule has 1 unspecified atom stereocenters. The van der Waals surface area contributed by atoms with E-state index in [0.29, 0.717) is 5.92 Å². The minimum absolute atomic E-state index is 0.107. The summed E-state index contributed by atoms with van der Waals surface area (Å²) in [5.41, 5.74) is 1.15. The van der Waals surface area contributed by atoms with Crippen molar-refractivity contribution in [2.45, 2.75) is 32.9 Å². The molecule has 6 nitrogen and oxygen atoms in total. The first-order valence-corrected chi connectivity index (χ1v) is 6.79. The van der Waals surface area contributed by atoms with E-state index in [-0.39, 0.29) is 6.04 Å². The predicted molar refractivity (Wildman–Crippen MR) is 71.6 cm³/mol. The zero-order valence-electron chi connectivity index (χ0n) is 11.7. The maximum Gasteiger partial charge on any atom is 0.154 e. The fourth-order valence-corrected chi connectivity index (χ4v) is 2.59. The van der Waals surface area contributed by atoms with Crippen LogP contribution in [0.1, 0.15) is 37.1 Å². The van der Waals surface area contributed by atoms with Gasteiger partial charge in [0.15, 0.2) is 5.82 Å². The van der Waals surface area contributed by atoms with Gasteiger partial charge in [-0.3, -0.25) is 4.68 Å². The van der Waals surface area contributed by atoms with E-state index >= 15 is 0 Å². The molecule has 19 heavy (non-hydrogen) atoms. The standard InChI is InChI=1S/C13H20N6/c1-9(2)6-11-16-17-13-12(14-4-5-19(11)13)10-7-15-18(3)8-10/h7-9,12,14H,4-6H2,1-3H3. The van der Waals surface area contributed by atoms with E-state index < -0.39 is 0 Å². The van der Waals surface area contributed by atoms with Crippen LogP contribution < -0.4 is 5.32 Å². The summed E-state index contributed by atoms with van der Waals surface area (Å²) in [5, 5.41) is 16.5. The number of hydrogen-bond acceptors (Lipinski definition) is 4. The van der Waals surface area contributed by atoms with Crippen molar-refractivity contribution in [3.8, 4) is 0 Å². The molecule has 0 spiro atoms. The monoisotopic (exact) mass is 260 g/mol. The Bertz CT molecular complexity index is 567. The molecule has 1 aliphatic rings. The zero-order valence-corrected chi connectivity index (χ0v) is 11.7. The molecule has 0 saturated carbocycles. The lowest BCUT2D eigenvalue weighted by Gasteiger charge is -2.24. The van der Waals surface area contributed by atoms with Crippen LogP contribution in [0.2, 0.25) is 0 Å². The van der Waals surface area contributed by atoms with Gasteiger partial charge in [-0.05, 0) is 5.92 Å². The summed E-state index contributed by atoms with van der Waals surface area (Å²) < 4.78 is 4.08. The summed E-state index contributed by atoms with van der Waals surface area (Å²) >= 11 is 0. The smallest absolute Gasteiger partial charge is 0.154 e. The lowest BCUT2D eigenvalue weighted by Crippen LogP contribution is -2.34. The first-order chi connectivity index (χ1) is 9.15. The Morgan fingerprint density at radius 2 is 2.26 bits per heavy atom. The molecule has 2 aromatic heterocycles. The minimum Gasteiger partial charge on any atom is -0.312 e. The molecule has 3 heterocycles. The molecule has 0 fully saturated rings. The summed E-state index contributed by atoms with van der Waals surface area (Å²) in [5.74, 6) is 2.70. The Morgan fingerprint density at radius 3 is 2.95 bits per heavy atom. The Morgan fingerprint density at radius 1 is 1.42 bits per heavy atom. The van der Waals surface area contributed by atoms with Crippen LogP contribution in [0.15, 0.2) is 12.4 Å². The first-order valence-electron chi connectivity index (χ1n) is 6.79. The van der Waals surface area contributed by atoms with Crippen molar-refractivity contribution in [1.82, 2.24) is 29.9 Å². The molecule has 0 aromatic carbocycles. The topological polar surface area (TPSA) is 60.6 Å². The number of fused-ring (bicyclic) bond motifs is 1. The van der Waals surface area contributed by atoms with Crippen molar-refractivity contribution >= 4 is 0 Å². The van der Waals surface area contributed by atoms with Crippen LogP contribution in [-0.4, -0.2) is 31.1 Å². The molecular formula is C13H20N6. The van der Waals surface area contributed by atoms with Gasteiger partial charge in [-0.1, -0.05) is 13.8 Å². The molecule has 0 radical (unpaired) electrons. The number of hydrogen-bond donors (Lipinski definition) is 1. The summed E-state index contributed by atoms with van der Waals surface area (Å²) in [6.45, 7) is 6.31. The molecule has 1 N–H and O–H groups in total. The quantitative estimate of drug-likeness (QED) is 0.891. The Hall–Kier alpha value is -1.69. The van der Waals surface area contributed by atoms with Crippen LogP contribution in [0.5, 0.6) is 0 Å². The molecule has 0 saturated heterocycles. The largest absolute Gasteiger partial charge is 0.312 e. The Kier molecular flexibility index (Phi) is 3.10. The fraction of sp³-hybridized carbons (Fsp3) is 0.615. The van der Waals surface area contributed by atoms with Gasteiger partial charge in [0.2, 0.25) is 0 Å². The van der Waals surface area contributed by atoms with Gasteiger partial charge in [0.05, 0.1) is 12.2 Å². The summed E-state index contributed by atoms with van der Waals surface area (Å²) in [6.07, 6.45) is 4.90. The molecule has 102 valence electrons. The van der Waals surface area contributed by atoms with E-state index in [1.807, 2.05) is 24.1 Å². The van der Waals surface area contributed by atoms with Crippen LogP contribution in [0.3, 0.4) is 0 Å². The fourth-order valence-electron chi connectivity index (χ4n) is 2.59. The highest BCUT2D eigenvalue weighted by atomic mass is 15.3. The van der Waals surface area contributed by atoms with Crippen molar-refractivity contribution in [3.63, 3.8) is 0 Å². The minimum atomic E-state index is 0.107. The third kappa shape index (κ3) is 2.28. The summed E-state index contributed by atoms with van der Waals surface area (Å²) in [4.78, 5) is 0. The molecule has 3 rings (SSSR count). The van der Waals surface area contributed by atoms with Crippen molar-refractivity contribution in [2.24, 2.45) is 13.0 Å². The van der Waals surface area contributed by atoms with Gasteiger partial charge in [0.1, 0.15) is 5.82 Å². The van der Waals surface area contributed by atoms with E-state index in [1.54, 1.807) is 0 Å². The number of aromatic nitrogens is 5. The van der Waals surface area contributed by atoms with Gasteiger partial charge in [0, 0.05) is 38.3 Å². The Balaban J connectivity index is 1.94. The lowest BCUT2D eigenvalue weighted by molar-refractivity contribution is 0.441.